The molecule has 0 aliphatic carbocycles. The highest BCUT2D eigenvalue weighted by Gasteiger charge is 2.11. The summed E-state index contributed by atoms with van der Waals surface area (Å²) in [4.78, 5) is 11.9. The maximum absolute atomic E-state index is 11.9. The lowest BCUT2D eigenvalue weighted by Gasteiger charge is -2.01. The number of amides is 1. The summed E-state index contributed by atoms with van der Waals surface area (Å²) in [6.45, 7) is 0. The molecule has 0 saturated heterocycles. The van der Waals surface area contributed by atoms with E-state index in [-0.39, 0.29) is 5.91 Å². The van der Waals surface area contributed by atoms with Gasteiger partial charge in [0.25, 0.3) is 0 Å². The van der Waals surface area contributed by atoms with Crippen molar-refractivity contribution in [3.8, 4) is 0 Å². The molecule has 0 spiro atoms. The van der Waals surface area contributed by atoms with E-state index in [9.17, 15) is 4.79 Å². The van der Waals surface area contributed by atoms with Crippen molar-refractivity contribution in [2.24, 2.45) is 0 Å². The van der Waals surface area contributed by atoms with Gasteiger partial charge in [0.2, 0.25) is 0 Å². The topological polar surface area (TPSA) is 33.0 Å². The minimum atomic E-state index is -0.273. The van der Waals surface area contributed by atoms with Gasteiger partial charge in [0, 0.05) is 27.7 Å². The Bertz CT molecular complexity index is 523. The van der Waals surface area contributed by atoms with Crippen LogP contribution < -0.4 is 10.1 Å². The van der Waals surface area contributed by atoms with E-state index in [1.54, 1.807) is 35.3 Å². The van der Waals surface area contributed by atoms with Gasteiger partial charge in [-0.3, -0.25) is 4.79 Å². The van der Waals surface area contributed by atoms with Crippen LogP contribution in [0.1, 0.15) is 10.4 Å². The van der Waals surface area contributed by atoms with E-state index >= 15 is 0 Å². The van der Waals surface area contributed by atoms with Gasteiger partial charge in [-0.15, -0.1) is 5.43 Å². The standard InChI is InChI=1S/C12H8Cl2N2O/c13-10-6-9(7-11(14)8-10)12(17)15-16-4-2-1-3-5-16/h1-8H/p+1. The van der Waals surface area contributed by atoms with E-state index < -0.39 is 0 Å². The molecule has 1 aromatic carbocycles. The zero-order chi connectivity index (χ0) is 12.3. The number of aromatic nitrogens is 1. The largest absolute Gasteiger partial charge is 0.305 e. The number of rotatable bonds is 2. The molecule has 5 heteroatoms. The number of halogens is 2. The highest BCUT2D eigenvalue weighted by atomic mass is 35.5. The molecular formula is C12H9Cl2N2O+. The molecule has 0 aliphatic heterocycles. The molecule has 1 N–H and O–H groups in total. The molecular weight excluding hydrogens is 259 g/mol. The lowest BCUT2D eigenvalue weighted by molar-refractivity contribution is -0.641. The summed E-state index contributed by atoms with van der Waals surface area (Å²) < 4.78 is 1.55. The van der Waals surface area contributed by atoms with Gasteiger partial charge >= 0.3 is 5.91 Å². The predicted molar refractivity (Wildman–Crippen MR) is 66.8 cm³/mol. The van der Waals surface area contributed by atoms with Crippen molar-refractivity contribution in [2.75, 3.05) is 5.43 Å². The Labute approximate surface area is 109 Å². The van der Waals surface area contributed by atoms with Crippen molar-refractivity contribution < 1.29 is 9.47 Å². The van der Waals surface area contributed by atoms with Crippen molar-refractivity contribution in [3.05, 3.63) is 64.4 Å². The molecule has 0 atom stereocenters. The molecule has 2 aromatic rings. The van der Waals surface area contributed by atoms with E-state index in [1.807, 2.05) is 18.2 Å². The zero-order valence-corrected chi connectivity index (χ0v) is 10.2. The van der Waals surface area contributed by atoms with Crippen molar-refractivity contribution >= 4 is 29.1 Å². The van der Waals surface area contributed by atoms with Gasteiger partial charge in [0.1, 0.15) is 0 Å². The van der Waals surface area contributed by atoms with Gasteiger partial charge in [-0.05, 0) is 18.2 Å². The minimum Gasteiger partial charge on any atom is -0.264 e. The first-order valence-corrected chi connectivity index (χ1v) is 5.64. The molecule has 3 nitrogen and oxygen atoms in total. The van der Waals surface area contributed by atoms with Crippen LogP contribution in [0.4, 0.5) is 0 Å². The van der Waals surface area contributed by atoms with Gasteiger partial charge in [-0.2, -0.15) is 0 Å². The average Bonchev–Trinajstić information content (AvgIpc) is 2.29. The van der Waals surface area contributed by atoms with E-state index in [0.717, 1.165) is 0 Å². The molecule has 17 heavy (non-hydrogen) atoms. The van der Waals surface area contributed by atoms with Crippen LogP contribution in [0.5, 0.6) is 0 Å². The number of hydrogen-bond donors (Lipinski definition) is 1. The van der Waals surface area contributed by atoms with Crippen molar-refractivity contribution in [3.63, 3.8) is 0 Å². The molecule has 0 bridgehead atoms. The van der Waals surface area contributed by atoms with Crippen LogP contribution in [0.25, 0.3) is 0 Å². The molecule has 1 aromatic heterocycles. The summed E-state index contributed by atoms with van der Waals surface area (Å²) in [5, 5.41) is 0.862. The van der Waals surface area contributed by atoms with Crippen LogP contribution in [0.3, 0.4) is 0 Å². The SMILES string of the molecule is O=C(N[n+]1ccccc1)c1cc(Cl)cc(Cl)c1. The van der Waals surface area contributed by atoms with Crippen LogP contribution in [0.15, 0.2) is 48.8 Å². The Morgan fingerprint density at radius 3 is 2.18 bits per heavy atom. The smallest absolute Gasteiger partial charge is 0.264 e. The van der Waals surface area contributed by atoms with Gasteiger partial charge in [0.05, 0.1) is 0 Å². The molecule has 0 fully saturated rings. The van der Waals surface area contributed by atoms with E-state index in [0.29, 0.717) is 15.6 Å². The van der Waals surface area contributed by atoms with Crippen LogP contribution in [-0.4, -0.2) is 5.91 Å². The molecule has 2 rings (SSSR count). The maximum atomic E-state index is 11.9. The Hall–Kier alpha value is -1.58. The molecule has 1 amide bonds. The quantitative estimate of drug-likeness (QED) is 0.834. The molecule has 1 heterocycles. The van der Waals surface area contributed by atoms with Gasteiger partial charge in [-0.1, -0.05) is 33.9 Å². The number of nitrogens with one attached hydrogen (secondary N) is 1. The number of carbonyl (C=O) groups is 1. The third kappa shape index (κ3) is 3.19. The van der Waals surface area contributed by atoms with Crippen LogP contribution >= 0.6 is 23.2 Å². The molecule has 0 unspecified atom stereocenters. The average molecular weight is 268 g/mol. The van der Waals surface area contributed by atoms with Gasteiger partial charge < -0.3 is 0 Å². The zero-order valence-electron chi connectivity index (χ0n) is 8.73. The Balaban J connectivity index is 2.20. The van der Waals surface area contributed by atoms with Crippen molar-refractivity contribution in [1.82, 2.24) is 0 Å². The van der Waals surface area contributed by atoms with E-state index in [1.165, 1.54) is 0 Å². The van der Waals surface area contributed by atoms with Crippen LogP contribution in [0, 0.1) is 0 Å². The fourth-order valence-corrected chi connectivity index (χ4v) is 1.87. The second-order valence-corrected chi connectivity index (χ2v) is 4.25. The fraction of sp³-hybridized carbons (Fsp3) is 0. The highest BCUT2D eigenvalue weighted by molar-refractivity contribution is 6.35. The summed E-state index contributed by atoms with van der Waals surface area (Å²) in [5.74, 6) is -0.273. The minimum absolute atomic E-state index is 0.273. The third-order valence-corrected chi connectivity index (χ3v) is 2.51. The third-order valence-electron chi connectivity index (χ3n) is 2.07. The first kappa shape index (κ1) is 11.9. The second kappa shape index (κ2) is 5.17. The Kier molecular flexibility index (Phi) is 3.61. The summed E-state index contributed by atoms with van der Waals surface area (Å²) in [5.41, 5.74) is 3.09. The molecule has 0 saturated carbocycles. The summed E-state index contributed by atoms with van der Waals surface area (Å²) >= 11 is 11.7. The van der Waals surface area contributed by atoms with Gasteiger partial charge in [-0.25, -0.2) is 0 Å². The number of nitrogens with zero attached hydrogens (tertiary/aromatic N) is 1. The first-order chi connectivity index (χ1) is 8.15. The van der Waals surface area contributed by atoms with Crippen molar-refractivity contribution in [2.45, 2.75) is 0 Å². The lowest BCUT2D eigenvalue weighted by Crippen LogP contribution is -2.47. The fourth-order valence-electron chi connectivity index (χ4n) is 1.34. The van der Waals surface area contributed by atoms with E-state index in [2.05, 4.69) is 5.43 Å². The highest BCUT2D eigenvalue weighted by Crippen LogP contribution is 2.18. The first-order valence-electron chi connectivity index (χ1n) is 4.89. The summed E-state index contributed by atoms with van der Waals surface area (Å²) in [7, 11) is 0. The normalized spacial score (nSPS) is 10.0. The summed E-state index contributed by atoms with van der Waals surface area (Å²) in [6.07, 6.45) is 3.45. The van der Waals surface area contributed by atoms with Crippen LogP contribution in [-0.2, 0) is 0 Å². The number of carbonyl (C=O) groups excluding carboxylic acids is 1. The second-order valence-electron chi connectivity index (χ2n) is 3.38. The molecule has 86 valence electrons. The summed E-state index contributed by atoms with van der Waals surface area (Å²) in [6, 6.07) is 10.2. The number of benzene rings is 1. The monoisotopic (exact) mass is 267 g/mol. The van der Waals surface area contributed by atoms with Crippen LogP contribution in [0.2, 0.25) is 10.0 Å². The Morgan fingerprint density at radius 1 is 1.00 bits per heavy atom. The van der Waals surface area contributed by atoms with E-state index in [4.69, 9.17) is 23.2 Å². The number of hydrogen-bond acceptors (Lipinski definition) is 1. The lowest BCUT2D eigenvalue weighted by atomic mass is 10.2. The number of pyridine rings is 1. The van der Waals surface area contributed by atoms with Crippen molar-refractivity contribution in [1.29, 1.82) is 0 Å². The predicted octanol–water partition coefficient (Wildman–Crippen LogP) is 2.66. The Morgan fingerprint density at radius 2 is 1.59 bits per heavy atom. The maximum Gasteiger partial charge on any atom is 0.305 e. The molecule has 0 radical (unpaired) electrons. The molecule has 0 aliphatic rings. The van der Waals surface area contributed by atoms with Gasteiger partial charge in [0.15, 0.2) is 12.4 Å².